The SMILES string of the molecule is CC(O)COc1ccc(N2CCNCC2)c(F)c1. The Morgan fingerprint density at radius 2 is 2.17 bits per heavy atom. The lowest BCUT2D eigenvalue weighted by Gasteiger charge is -2.29. The van der Waals surface area contributed by atoms with E-state index in [1.54, 1.807) is 19.1 Å². The van der Waals surface area contributed by atoms with E-state index in [-0.39, 0.29) is 12.4 Å². The van der Waals surface area contributed by atoms with Crippen LogP contribution in [-0.2, 0) is 0 Å². The number of aliphatic hydroxyl groups is 1. The summed E-state index contributed by atoms with van der Waals surface area (Å²) in [4.78, 5) is 2.02. The van der Waals surface area contributed by atoms with Crippen molar-refractivity contribution in [3.05, 3.63) is 24.0 Å². The van der Waals surface area contributed by atoms with Crippen molar-refractivity contribution in [2.24, 2.45) is 0 Å². The first kappa shape index (κ1) is 13.1. The number of nitrogens with one attached hydrogen (secondary N) is 1. The minimum absolute atomic E-state index is 0.173. The van der Waals surface area contributed by atoms with E-state index >= 15 is 0 Å². The summed E-state index contributed by atoms with van der Waals surface area (Å²) in [6, 6.07) is 4.85. The molecule has 1 aliphatic heterocycles. The van der Waals surface area contributed by atoms with Gasteiger partial charge in [0.2, 0.25) is 0 Å². The van der Waals surface area contributed by atoms with Crippen LogP contribution < -0.4 is 15.0 Å². The van der Waals surface area contributed by atoms with Crippen molar-refractivity contribution in [3.63, 3.8) is 0 Å². The van der Waals surface area contributed by atoms with Gasteiger partial charge in [-0.1, -0.05) is 0 Å². The summed E-state index contributed by atoms with van der Waals surface area (Å²) < 4.78 is 19.2. The molecule has 18 heavy (non-hydrogen) atoms. The number of hydrogen-bond acceptors (Lipinski definition) is 4. The second-order valence-corrected chi connectivity index (χ2v) is 4.51. The van der Waals surface area contributed by atoms with E-state index in [4.69, 9.17) is 9.84 Å². The molecule has 1 atom stereocenters. The first-order valence-corrected chi connectivity index (χ1v) is 6.23. The fourth-order valence-electron chi connectivity index (χ4n) is 1.96. The number of piperazine rings is 1. The molecule has 0 radical (unpaired) electrons. The van der Waals surface area contributed by atoms with Gasteiger partial charge in [0, 0.05) is 32.2 Å². The Hall–Kier alpha value is -1.33. The van der Waals surface area contributed by atoms with Gasteiger partial charge >= 0.3 is 0 Å². The molecular formula is C13H19FN2O2. The van der Waals surface area contributed by atoms with Gasteiger partial charge in [-0.15, -0.1) is 0 Å². The Kier molecular flexibility index (Phi) is 4.38. The largest absolute Gasteiger partial charge is 0.491 e. The van der Waals surface area contributed by atoms with E-state index in [0.29, 0.717) is 11.4 Å². The molecule has 0 bridgehead atoms. The van der Waals surface area contributed by atoms with Gasteiger partial charge in [-0.3, -0.25) is 0 Å². The number of ether oxygens (including phenoxy) is 1. The van der Waals surface area contributed by atoms with Gasteiger partial charge in [0.15, 0.2) is 0 Å². The summed E-state index contributed by atoms with van der Waals surface area (Å²) in [5.41, 5.74) is 0.612. The number of halogens is 1. The lowest BCUT2D eigenvalue weighted by molar-refractivity contribution is 0.122. The summed E-state index contributed by atoms with van der Waals surface area (Å²) >= 11 is 0. The zero-order valence-electron chi connectivity index (χ0n) is 10.5. The summed E-state index contributed by atoms with van der Waals surface area (Å²) in [6.45, 7) is 5.17. The van der Waals surface area contributed by atoms with Crippen LogP contribution in [0.5, 0.6) is 5.75 Å². The third-order valence-electron chi connectivity index (χ3n) is 2.87. The molecule has 100 valence electrons. The fraction of sp³-hybridized carbons (Fsp3) is 0.538. The van der Waals surface area contributed by atoms with Crippen LogP contribution in [-0.4, -0.2) is 44.0 Å². The van der Waals surface area contributed by atoms with Gasteiger partial charge < -0.3 is 20.1 Å². The second kappa shape index (κ2) is 6.02. The average Bonchev–Trinajstić information content (AvgIpc) is 2.37. The summed E-state index contributed by atoms with van der Waals surface area (Å²) in [5.74, 6) is 0.173. The van der Waals surface area contributed by atoms with Crippen LogP contribution >= 0.6 is 0 Å². The predicted octanol–water partition coefficient (Wildman–Crippen LogP) is 0.995. The molecule has 0 amide bonds. The third kappa shape index (κ3) is 3.34. The molecule has 1 aliphatic rings. The molecule has 1 saturated heterocycles. The van der Waals surface area contributed by atoms with Gasteiger partial charge in [0.1, 0.15) is 18.2 Å². The lowest BCUT2D eigenvalue weighted by atomic mass is 10.2. The highest BCUT2D eigenvalue weighted by Crippen LogP contribution is 2.24. The molecule has 1 unspecified atom stereocenters. The van der Waals surface area contributed by atoms with Gasteiger partial charge in [0.05, 0.1) is 11.8 Å². The zero-order valence-corrected chi connectivity index (χ0v) is 10.5. The first-order valence-electron chi connectivity index (χ1n) is 6.23. The van der Waals surface area contributed by atoms with Gasteiger partial charge in [-0.05, 0) is 19.1 Å². The standard InChI is InChI=1S/C13H19FN2O2/c1-10(17)9-18-11-2-3-13(12(14)8-11)16-6-4-15-5-7-16/h2-3,8,10,15,17H,4-7,9H2,1H3. The van der Waals surface area contributed by atoms with Crippen molar-refractivity contribution >= 4 is 5.69 Å². The molecule has 0 saturated carbocycles. The predicted molar refractivity (Wildman–Crippen MR) is 68.7 cm³/mol. The highest BCUT2D eigenvalue weighted by Gasteiger charge is 2.15. The lowest BCUT2D eigenvalue weighted by Crippen LogP contribution is -2.43. The molecule has 1 heterocycles. The van der Waals surface area contributed by atoms with Crippen molar-refractivity contribution < 1.29 is 14.2 Å². The normalized spacial score (nSPS) is 17.6. The highest BCUT2D eigenvalue weighted by atomic mass is 19.1. The molecule has 0 aliphatic carbocycles. The van der Waals surface area contributed by atoms with E-state index in [0.717, 1.165) is 26.2 Å². The molecule has 5 heteroatoms. The topological polar surface area (TPSA) is 44.7 Å². The van der Waals surface area contributed by atoms with E-state index in [2.05, 4.69) is 5.32 Å². The Balaban J connectivity index is 2.04. The van der Waals surface area contributed by atoms with Gasteiger partial charge in [-0.2, -0.15) is 0 Å². The maximum atomic E-state index is 14.0. The van der Waals surface area contributed by atoms with Crippen molar-refractivity contribution in [1.29, 1.82) is 0 Å². The summed E-state index contributed by atoms with van der Waals surface area (Å²) in [6.07, 6.45) is -0.555. The quantitative estimate of drug-likeness (QED) is 0.841. The van der Waals surface area contributed by atoms with Crippen LogP contribution in [0.4, 0.5) is 10.1 Å². The molecule has 4 nitrogen and oxygen atoms in total. The molecule has 1 fully saturated rings. The van der Waals surface area contributed by atoms with E-state index in [1.165, 1.54) is 6.07 Å². The van der Waals surface area contributed by atoms with Crippen molar-refractivity contribution in [3.8, 4) is 5.75 Å². The van der Waals surface area contributed by atoms with Crippen molar-refractivity contribution in [1.82, 2.24) is 5.32 Å². The minimum Gasteiger partial charge on any atom is -0.491 e. The van der Waals surface area contributed by atoms with Crippen LogP contribution in [0.2, 0.25) is 0 Å². The van der Waals surface area contributed by atoms with E-state index < -0.39 is 6.10 Å². The third-order valence-corrected chi connectivity index (χ3v) is 2.87. The van der Waals surface area contributed by atoms with Crippen LogP contribution in [0.1, 0.15) is 6.92 Å². The van der Waals surface area contributed by atoms with Crippen LogP contribution in [0.15, 0.2) is 18.2 Å². The highest BCUT2D eigenvalue weighted by molar-refractivity contribution is 5.51. The molecular weight excluding hydrogens is 235 g/mol. The number of benzene rings is 1. The Morgan fingerprint density at radius 3 is 2.78 bits per heavy atom. The van der Waals surface area contributed by atoms with Crippen LogP contribution in [0.3, 0.4) is 0 Å². The van der Waals surface area contributed by atoms with Crippen molar-refractivity contribution in [2.75, 3.05) is 37.7 Å². The van der Waals surface area contributed by atoms with Gasteiger partial charge in [0.25, 0.3) is 0 Å². The molecule has 1 aromatic carbocycles. The Bertz CT molecular complexity index is 393. The smallest absolute Gasteiger partial charge is 0.150 e. The number of rotatable bonds is 4. The van der Waals surface area contributed by atoms with E-state index in [1.807, 2.05) is 4.90 Å². The zero-order chi connectivity index (χ0) is 13.0. The number of nitrogens with zero attached hydrogens (tertiary/aromatic N) is 1. The maximum Gasteiger partial charge on any atom is 0.150 e. The van der Waals surface area contributed by atoms with Crippen molar-refractivity contribution in [2.45, 2.75) is 13.0 Å². The fourth-order valence-corrected chi connectivity index (χ4v) is 1.96. The number of hydrogen-bond donors (Lipinski definition) is 2. The average molecular weight is 254 g/mol. The molecule has 2 N–H and O–H groups in total. The number of aliphatic hydroxyl groups excluding tert-OH is 1. The summed E-state index contributed by atoms with van der Waals surface area (Å²) in [5, 5.41) is 12.3. The van der Waals surface area contributed by atoms with Crippen LogP contribution in [0, 0.1) is 5.82 Å². The molecule has 1 aromatic rings. The maximum absolute atomic E-state index is 14.0. The number of anilines is 1. The molecule has 0 aromatic heterocycles. The molecule has 2 rings (SSSR count). The molecule has 0 spiro atoms. The Morgan fingerprint density at radius 1 is 1.44 bits per heavy atom. The summed E-state index contributed by atoms with van der Waals surface area (Å²) in [7, 11) is 0. The monoisotopic (exact) mass is 254 g/mol. The first-order chi connectivity index (χ1) is 8.66. The second-order valence-electron chi connectivity index (χ2n) is 4.51. The Labute approximate surface area is 106 Å². The van der Waals surface area contributed by atoms with E-state index in [9.17, 15) is 4.39 Å². The van der Waals surface area contributed by atoms with Crippen LogP contribution in [0.25, 0.3) is 0 Å². The minimum atomic E-state index is -0.555. The van der Waals surface area contributed by atoms with Gasteiger partial charge in [-0.25, -0.2) is 4.39 Å².